The molecule has 1 aromatic heterocycles. The molecular formula is C26H26ClN3O5. The Morgan fingerprint density at radius 2 is 1.74 bits per heavy atom. The van der Waals surface area contributed by atoms with Gasteiger partial charge >= 0.3 is 5.97 Å². The molecule has 0 spiro atoms. The fourth-order valence-corrected chi connectivity index (χ4v) is 4.08. The first kappa shape index (κ1) is 24.3. The van der Waals surface area contributed by atoms with Gasteiger partial charge in [-0.15, -0.1) is 0 Å². The van der Waals surface area contributed by atoms with Crippen molar-refractivity contribution in [1.29, 1.82) is 0 Å². The standard InChI is InChI=1S/C26H26ClN3O5/c27-20-8-4-9-21(17-20)29-11-13-30(14-12-29)24(31)18-35-26(33)22(16-19-6-2-1-3-7-19)28-25(32)23-10-5-15-34-23/h1-10,15,17,22H,11-14,16,18H2,(H,28,32)/t22-/m0/s1. The number of halogens is 1. The molecule has 2 heterocycles. The van der Waals surface area contributed by atoms with Gasteiger partial charge in [-0.1, -0.05) is 48.0 Å². The summed E-state index contributed by atoms with van der Waals surface area (Å²) in [5, 5.41) is 3.31. The Kier molecular flexibility index (Phi) is 8.05. The summed E-state index contributed by atoms with van der Waals surface area (Å²) in [5.74, 6) is -1.40. The Balaban J connectivity index is 1.31. The van der Waals surface area contributed by atoms with Crippen molar-refractivity contribution in [2.45, 2.75) is 12.5 Å². The molecule has 1 atom stereocenters. The fraction of sp³-hybridized carbons (Fsp3) is 0.269. The van der Waals surface area contributed by atoms with Gasteiger partial charge in [-0.05, 0) is 35.9 Å². The van der Waals surface area contributed by atoms with Crippen LogP contribution in [0.15, 0.2) is 77.4 Å². The second kappa shape index (κ2) is 11.6. The molecule has 35 heavy (non-hydrogen) atoms. The third-order valence-corrected chi connectivity index (χ3v) is 6.00. The number of nitrogens with one attached hydrogen (secondary N) is 1. The minimum Gasteiger partial charge on any atom is -0.459 e. The molecule has 4 rings (SSSR count). The third kappa shape index (κ3) is 6.64. The first-order valence-electron chi connectivity index (χ1n) is 11.3. The Labute approximate surface area is 208 Å². The van der Waals surface area contributed by atoms with E-state index in [1.807, 2.05) is 54.6 Å². The molecule has 1 aliphatic heterocycles. The van der Waals surface area contributed by atoms with Crippen molar-refractivity contribution in [3.05, 3.63) is 89.3 Å². The summed E-state index contributed by atoms with van der Waals surface area (Å²) < 4.78 is 10.4. The molecule has 2 aromatic carbocycles. The van der Waals surface area contributed by atoms with Crippen molar-refractivity contribution < 1.29 is 23.5 Å². The van der Waals surface area contributed by atoms with E-state index in [0.717, 1.165) is 11.3 Å². The van der Waals surface area contributed by atoms with Crippen LogP contribution in [0.4, 0.5) is 5.69 Å². The van der Waals surface area contributed by atoms with Gasteiger partial charge in [-0.25, -0.2) is 4.79 Å². The van der Waals surface area contributed by atoms with Gasteiger partial charge in [0.25, 0.3) is 11.8 Å². The number of hydrogen-bond donors (Lipinski definition) is 1. The van der Waals surface area contributed by atoms with Crippen LogP contribution < -0.4 is 10.2 Å². The Morgan fingerprint density at radius 1 is 0.971 bits per heavy atom. The first-order chi connectivity index (χ1) is 17.0. The van der Waals surface area contributed by atoms with Crippen molar-refractivity contribution >= 4 is 35.1 Å². The minimum atomic E-state index is -0.970. The number of esters is 1. The number of carbonyl (C=O) groups is 3. The van der Waals surface area contributed by atoms with Gasteiger partial charge in [0.1, 0.15) is 6.04 Å². The van der Waals surface area contributed by atoms with E-state index in [-0.39, 0.29) is 18.1 Å². The second-order valence-electron chi connectivity index (χ2n) is 8.15. The summed E-state index contributed by atoms with van der Waals surface area (Å²) in [6, 6.07) is 19.0. The van der Waals surface area contributed by atoms with Gasteiger partial charge in [0.2, 0.25) is 0 Å². The lowest BCUT2D eigenvalue weighted by Gasteiger charge is -2.36. The van der Waals surface area contributed by atoms with E-state index in [1.54, 1.807) is 11.0 Å². The molecule has 9 heteroatoms. The number of piperazine rings is 1. The van der Waals surface area contributed by atoms with E-state index < -0.39 is 24.5 Å². The number of nitrogens with zero attached hydrogens (tertiary/aromatic N) is 2. The lowest BCUT2D eigenvalue weighted by molar-refractivity contribution is -0.153. The highest BCUT2D eigenvalue weighted by atomic mass is 35.5. The molecule has 1 saturated heterocycles. The largest absolute Gasteiger partial charge is 0.459 e. The highest BCUT2D eigenvalue weighted by Crippen LogP contribution is 2.20. The smallest absolute Gasteiger partial charge is 0.329 e. The minimum absolute atomic E-state index is 0.0875. The summed E-state index contributed by atoms with van der Waals surface area (Å²) in [4.78, 5) is 41.8. The van der Waals surface area contributed by atoms with E-state index in [9.17, 15) is 14.4 Å². The Morgan fingerprint density at radius 3 is 2.43 bits per heavy atom. The van der Waals surface area contributed by atoms with E-state index >= 15 is 0 Å². The van der Waals surface area contributed by atoms with Gasteiger partial charge in [0.05, 0.1) is 6.26 Å². The van der Waals surface area contributed by atoms with E-state index in [2.05, 4.69) is 10.2 Å². The van der Waals surface area contributed by atoms with Crippen LogP contribution in [0.2, 0.25) is 5.02 Å². The van der Waals surface area contributed by atoms with Crippen LogP contribution in [0.5, 0.6) is 0 Å². The maximum Gasteiger partial charge on any atom is 0.329 e. The average molecular weight is 496 g/mol. The number of ether oxygens (including phenoxy) is 1. The summed E-state index contributed by atoms with van der Waals surface area (Å²) in [5.41, 5.74) is 1.85. The third-order valence-electron chi connectivity index (χ3n) is 5.76. The zero-order valence-electron chi connectivity index (χ0n) is 19.1. The summed E-state index contributed by atoms with van der Waals surface area (Å²) in [7, 11) is 0. The average Bonchev–Trinajstić information content (AvgIpc) is 3.43. The molecule has 0 radical (unpaired) electrons. The molecule has 8 nitrogen and oxygen atoms in total. The van der Waals surface area contributed by atoms with Gasteiger partial charge in [-0.3, -0.25) is 9.59 Å². The molecule has 0 saturated carbocycles. The molecule has 182 valence electrons. The zero-order valence-corrected chi connectivity index (χ0v) is 19.8. The highest BCUT2D eigenvalue weighted by molar-refractivity contribution is 6.30. The van der Waals surface area contributed by atoms with E-state index in [1.165, 1.54) is 12.3 Å². The van der Waals surface area contributed by atoms with Crippen LogP contribution in [0.25, 0.3) is 0 Å². The van der Waals surface area contributed by atoms with Crippen molar-refractivity contribution in [1.82, 2.24) is 10.2 Å². The van der Waals surface area contributed by atoms with Gasteiger partial charge < -0.3 is 24.3 Å². The Hall–Kier alpha value is -3.78. The van der Waals surface area contributed by atoms with Gasteiger partial charge in [0, 0.05) is 43.3 Å². The van der Waals surface area contributed by atoms with Crippen molar-refractivity contribution in [3.8, 4) is 0 Å². The van der Waals surface area contributed by atoms with Gasteiger partial charge in [-0.2, -0.15) is 0 Å². The monoisotopic (exact) mass is 495 g/mol. The highest BCUT2D eigenvalue weighted by Gasteiger charge is 2.27. The van der Waals surface area contributed by atoms with Crippen molar-refractivity contribution in [2.24, 2.45) is 0 Å². The lowest BCUT2D eigenvalue weighted by Crippen LogP contribution is -2.50. The van der Waals surface area contributed by atoms with Crippen LogP contribution in [0.3, 0.4) is 0 Å². The van der Waals surface area contributed by atoms with Crippen molar-refractivity contribution in [3.63, 3.8) is 0 Å². The molecule has 0 bridgehead atoms. The maximum absolute atomic E-state index is 12.8. The number of rotatable bonds is 8. The number of furan rings is 1. The molecule has 2 amide bonds. The fourth-order valence-electron chi connectivity index (χ4n) is 3.89. The predicted molar refractivity (Wildman–Crippen MR) is 131 cm³/mol. The number of carbonyl (C=O) groups excluding carboxylic acids is 3. The molecule has 0 unspecified atom stereocenters. The molecular weight excluding hydrogens is 470 g/mol. The van der Waals surface area contributed by atoms with Crippen LogP contribution in [-0.4, -0.2) is 61.5 Å². The van der Waals surface area contributed by atoms with Crippen LogP contribution in [-0.2, 0) is 20.7 Å². The predicted octanol–water partition coefficient (Wildman–Crippen LogP) is 3.17. The summed E-state index contributed by atoms with van der Waals surface area (Å²) >= 11 is 6.08. The van der Waals surface area contributed by atoms with E-state index in [4.69, 9.17) is 20.8 Å². The van der Waals surface area contributed by atoms with Crippen LogP contribution in [0.1, 0.15) is 16.1 Å². The lowest BCUT2D eigenvalue weighted by atomic mass is 10.1. The molecule has 1 fully saturated rings. The van der Waals surface area contributed by atoms with Gasteiger partial charge in [0.15, 0.2) is 12.4 Å². The van der Waals surface area contributed by atoms with E-state index in [0.29, 0.717) is 31.2 Å². The number of hydrogen-bond acceptors (Lipinski definition) is 6. The SMILES string of the molecule is O=C(N[C@@H](Cc1ccccc1)C(=O)OCC(=O)N1CCN(c2cccc(Cl)c2)CC1)c1ccco1. The zero-order chi connectivity index (χ0) is 24.6. The number of benzene rings is 2. The second-order valence-corrected chi connectivity index (χ2v) is 8.58. The quantitative estimate of drug-likeness (QED) is 0.483. The number of amides is 2. The topological polar surface area (TPSA) is 92.1 Å². The molecule has 0 aliphatic carbocycles. The summed E-state index contributed by atoms with van der Waals surface area (Å²) in [6.07, 6.45) is 1.60. The summed E-state index contributed by atoms with van der Waals surface area (Å²) in [6.45, 7) is 1.92. The normalized spacial score (nSPS) is 14.3. The first-order valence-corrected chi connectivity index (χ1v) is 11.7. The van der Waals surface area contributed by atoms with Crippen molar-refractivity contribution in [2.75, 3.05) is 37.7 Å². The molecule has 1 N–H and O–H groups in total. The van der Waals surface area contributed by atoms with Crippen LogP contribution >= 0.6 is 11.6 Å². The van der Waals surface area contributed by atoms with Crippen LogP contribution in [0, 0.1) is 0 Å². The molecule has 1 aliphatic rings. The molecule has 3 aromatic rings. The Bertz CT molecular complexity index is 1140. The maximum atomic E-state index is 12.8. The number of anilines is 1.